The lowest BCUT2D eigenvalue weighted by Crippen LogP contribution is -2.87. The van der Waals surface area contributed by atoms with Crippen LogP contribution < -0.4 is 15.5 Å². The van der Waals surface area contributed by atoms with Crippen LogP contribution in [0.3, 0.4) is 0 Å². The SMILES string of the molecule is CN1C(=S)n2c(C(C)(C)C)cc(C(C)(C)C)[n+]2[B-]1(c1c(F)c(F)c(F)c(F)c1F)c1c(F)c(F)c(F)c(F)c1F. The van der Waals surface area contributed by atoms with Gasteiger partial charge in [-0.15, -0.1) is 0 Å². The van der Waals surface area contributed by atoms with E-state index in [0.29, 0.717) is 4.81 Å². The number of hydrogen-bond acceptors (Lipinski definition) is 1. The molecule has 0 saturated heterocycles. The van der Waals surface area contributed by atoms with Crippen molar-refractivity contribution in [2.45, 2.75) is 52.4 Å². The van der Waals surface area contributed by atoms with Gasteiger partial charge in [-0.3, -0.25) is 4.59 Å². The van der Waals surface area contributed by atoms with E-state index in [2.05, 4.69) is 0 Å². The highest BCUT2D eigenvalue weighted by Crippen LogP contribution is 2.34. The zero-order valence-corrected chi connectivity index (χ0v) is 23.0. The summed E-state index contributed by atoms with van der Waals surface area (Å²) in [5, 5.41) is -0.465. The first-order valence-electron chi connectivity index (χ1n) is 11.8. The number of hydrogen-bond donors (Lipinski definition) is 0. The van der Waals surface area contributed by atoms with E-state index < -0.39 is 91.5 Å². The van der Waals surface area contributed by atoms with Crippen molar-refractivity contribution in [1.82, 2.24) is 9.49 Å². The molecule has 0 saturated carbocycles. The second-order valence-electron chi connectivity index (χ2n) is 11.7. The van der Waals surface area contributed by atoms with Gasteiger partial charge >= 0.3 is 6.42 Å². The first-order chi connectivity index (χ1) is 18.1. The van der Waals surface area contributed by atoms with Crippen molar-refractivity contribution in [3.63, 3.8) is 0 Å². The van der Waals surface area contributed by atoms with E-state index in [1.807, 2.05) is 0 Å². The van der Waals surface area contributed by atoms with E-state index >= 15 is 17.6 Å². The molecule has 2 heterocycles. The Kier molecular flexibility index (Phi) is 6.69. The summed E-state index contributed by atoms with van der Waals surface area (Å²) < 4.78 is 152. The summed E-state index contributed by atoms with van der Waals surface area (Å²) in [6, 6.07) is 1.44. The topological polar surface area (TPSA) is 12.1 Å². The molecule has 0 spiro atoms. The molecule has 3 aromatic rings. The van der Waals surface area contributed by atoms with Gasteiger partial charge in [-0.05, 0) is 30.2 Å². The maximum Gasteiger partial charge on any atom is 0.466 e. The van der Waals surface area contributed by atoms with Crippen molar-refractivity contribution in [2.75, 3.05) is 7.05 Å². The van der Waals surface area contributed by atoms with Crippen molar-refractivity contribution in [1.29, 1.82) is 0 Å². The van der Waals surface area contributed by atoms with E-state index in [9.17, 15) is 26.3 Å². The Bertz CT molecular complexity index is 1490. The van der Waals surface area contributed by atoms with Gasteiger partial charge in [0.15, 0.2) is 45.7 Å². The summed E-state index contributed by atoms with van der Waals surface area (Å²) in [7, 11) is 0.914. The highest BCUT2D eigenvalue weighted by Gasteiger charge is 2.64. The Morgan fingerprint density at radius 2 is 0.925 bits per heavy atom. The van der Waals surface area contributed by atoms with Crippen molar-refractivity contribution in [3.05, 3.63) is 75.6 Å². The molecule has 0 radical (unpaired) electrons. The number of halogens is 10. The Morgan fingerprint density at radius 3 is 1.23 bits per heavy atom. The van der Waals surface area contributed by atoms with Gasteiger partial charge < -0.3 is 4.81 Å². The van der Waals surface area contributed by atoms with Crippen LogP contribution in [-0.2, 0) is 10.8 Å². The zero-order valence-electron chi connectivity index (χ0n) is 22.2. The second kappa shape index (κ2) is 8.95. The molecule has 0 unspecified atom stereocenters. The number of nitrogens with zero attached hydrogens (tertiary/aromatic N) is 3. The lowest BCUT2D eigenvalue weighted by Gasteiger charge is -2.38. The third kappa shape index (κ3) is 3.65. The molecular formula is C25H22BF10N3S. The molecule has 1 aliphatic rings. The Balaban J connectivity index is 2.47. The molecule has 40 heavy (non-hydrogen) atoms. The monoisotopic (exact) mass is 597 g/mol. The quantitative estimate of drug-likeness (QED) is 0.137. The molecule has 2 aromatic carbocycles. The number of aromatic nitrogens is 2. The number of thiocarbonyl (C=S) groups is 1. The van der Waals surface area contributed by atoms with Crippen molar-refractivity contribution in [3.8, 4) is 0 Å². The van der Waals surface area contributed by atoms with Gasteiger partial charge in [-0.25, -0.2) is 43.9 Å². The van der Waals surface area contributed by atoms with Crippen LogP contribution in [0.15, 0.2) is 6.07 Å². The molecule has 216 valence electrons. The molecule has 0 atom stereocenters. The van der Waals surface area contributed by atoms with E-state index in [1.165, 1.54) is 6.07 Å². The van der Waals surface area contributed by atoms with E-state index in [4.69, 9.17) is 12.2 Å². The summed E-state index contributed by atoms with van der Waals surface area (Å²) >= 11 is 5.46. The maximum absolute atomic E-state index is 15.7. The molecule has 0 amide bonds. The number of fused-ring (bicyclic) bond motifs is 1. The van der Waals surface area contributed by atoms with Gasteiger partial charge in [0.1, 0.15) is 23.3 Å². The fourth-order valence-corrected chi connectivity index (χ4v) is 5.68. The molecule has 0 N–H and O–H groups in total. The van der Waals surface area contributed by atoms with Crippen LogP contribution in [0.1, 0.15) is 52.9 Å². The molecule has 0 fully saturated rings. The van der Waals surface area contributed by atoms with Crippen molar-refractivity contribution < 1.29 is 48.5 Å². The average molecular weight is 597 g/mol. The third-order valence-electron chi connectivity index (χ3n) is 7.19. The van der Waals surface area contributed by atoms with Crippen LogP contribution in [0.25, 0.3) is 0 Å². The predicted octanol–water partition coefficient (Wildman–Crippen LogP) is 4.94. The fourth-order valence-electron chi connectivity index (χ4n) is 5.34. The minimum Gasteiger partial charge on any atom is -0.450 e. The molecule has 4 rings (SSSR count). The Hall–Kier alpha value is -3.10. The van der Waals surface area contributed by atoms with Gasteiger partial charge in [0.25, 0.3) is 0 Å². The van der Waals surface area contributed by atoms with Gasteiger partial charge in [0.05, 0.1) is 5.69 Å². The van der Waals surface area contributed by atoms with Crippen LogP contribution in [0.5, 0.6) is 0 Å². The summed E-state index contributed by atoms with van der Waals surface area (Å²) in [4.78, 5) is 0.608. The number of rotatable bonds is 2. The van der Waals surface area contributed by atoms with Crippen LogP contribution in [0.2, 0.25) is 0 Å². The highest BCUT2D eigenvalue weighted by molar-refractivity contribution is 7.80. The molecule has 1 aromatic heterocycles. The molecule has 15 heteroatoms. The van der Waals surface area contributed by atoms with Crippen molar-refractivity contribution >= 4 is 34.7 Å². The van der Waals surface area contributed by atoms with Crippen LogP contribution >= 0.6 is 12.2 Å². The first-order valence-corrected chi connectivity index (χ1v) is 12.2. The normalized spacial score (nSPS) is 15.3. The van der Waals surface area contributed by atoms with Gasteiger partial charge in [0.2, 0.25) is 0 Å². The maximum atomic E-state index is 15.7. The Morgan fingerprint density at radius 1 is 0.600 bits per heavy atom. The van der Waals surface area contributed by atoms with Gasteiger partial charge in [-0.2, -0.15) is 4.68 Å². The van der Waals surface area contributed by atoms with Gasteiger partial charge in [-0.1, -0.05) is 41.5 Å². The molecule has 1 aliphatic heterocycles. The number of benzene rings is 2. The lowest BCUT2D eigenvalue weighted by atomic mass is 9.35. The summed E-state index contributed by atoms with van der Waals surface area (Å²) in [5.41, 5.74) is -5.40. The fraction of sp³-hybridized carbons (Fsp3) is 0.360. The highest BCUT2D eigenvalue weighted by atomic mass is 32.1. The van der Waals surface area contributed by atoms with Gasteiger partial charge in [0, 0.05) is 16.9 Å². The van der Waals surface area contributed by atoms with E-state index in [1.54, 1.807) is 41.5 Å². The second-order valence-corrected chi connectivity index (χ2v) is 12.1. The molecular weight excluding hydrogens is 575 g/mol. The standard InChI is InChI=1S/C25H22BF10N3S/c1-24(2,3)9-8-10(25(4,5)6)39-26(37(7)23(40)38(9)39,11-13(27)17(31)21(35)18(32)14(11)28)12-15(29)19(33)22(36)20(34)16(12)30/h8H,1-7H3. The minimum atomic E-state index is -4.48. The summed E-state index contributed by atoms with van der Waals surface area (Å²) in [6.07, 6.45) is -4.48. The van der Waals surface area contributed by atoms with E-state index in [0.717, 1.165) is 16.3 Å². The minimum absolute atomic E-state index is 0.0167. The van der Waals surface area contributed by atoms with Crippen molar-refractivity contribution in [2.24, 2.45) is 0 Å². The largest absolute Gasteiger partial charge is 0.466 e. The predicted molar refractivity (Wildman–Crippen MR) is 131 cm³/mol. The zero-order chi connectivity index (χ0) is 30.6. The Labute approximate surface area is 227 Å². The molecule has 0 bridgehead atoms. The smallest absolute Gasteiger partial charge is 0.450 e. The van der Waals surface area contributed by atoms with E-state index in [-0.39, 0.29) is 11.4 Å². The van der Waals surface area contributed by atoms with Crippen LogP contribution in [0, 0.1) is 58.2 Å². The summed E-state index contributed by atoms with van der Waals surface area (Å²) in [5.74, 6) is -25.3. The first kappa shape index (κ1) is 29.9. The van der Waals surface area contributed by atoms with Crippen LogP contribution in [0.4, 0.5) is 43.9 Å². The summed E-state index contributed by atoms with van der Waals surface area (Å²) in [6.45, 7) is 9.70. The molecule has 0 aliphatic carbocycles. The molecule has 3 nitrogen and oxygen atoms in total. The van der Waals surface area contributed by atoms with Crippen LogP contribution in [-0.4, -0.2) is 28.1 Å². The lowest BCUT2D eigenvalue weighted by molar-refractivity contribution is -0.629. The third-order valence-corrected chi connectivity index (χ3v) is 7.65. The average Bonchev–Trinajstić information content (AvgIpc) is 3.36.